The van der Waals surface area contributed by atoms with Crippen LogP contribution in [0.5, 0.6) is 5.75 Å². The molecular weight excluding hydrogens is 366 g/mol. The number of halogens is 1. The minimum absolute atomic E-state index is 0. The third kappa shape index (κ3) is 5.84. The van der Waals surface area contributed by atoms with Gasteiger partial charge in [-0.25, -0.2) is 0 Å². The van der Waals surface area contributed by atoms with Crippen molar-refractivity contribution >= 4 is 35.6 Å². The molecule has 3 rings (SSSR count). The van der Waals surface area contributed by atoms with E-state index in [-0.39, 0.29) is 24.2 Å². The molecule has 2 aliphatic rings. The van der Waals surface area contributed by atoms with Crippen molar-refractivity contribution in [3.8, 4) is 5.75 Å². The number of hydrogen-bond acceptors (Lipinski definition) is 4. The van der Waals surface area contributed by atoms with E-state index >= 15 is 0 Å². The summed E-state index contributed by atoms with van der Waals surface area (Å²) in [7, 11) is 1.60. The number of ether oxygens (including phenoxy) is 1. The van der Waals surface area contributed by atoms with Crippen LogP contribution in [-0.4, -0.2) is 38.6 Å². The molecule has 0 bridgehead atoms. The summed E-state index contributed by atoms with van der Waals surface area (Å²) in [6.45, 7) is 2.80. The highest BCUT2D eigenvalue weighted by atomic mass is 35.5. The lowest BCUT2D eigenvalue weighted by molar-refractivity contribution is -0.119. The summed E-state index contributed by atoms with van der Waals surface area (Å²) in [4.78, 5) is 26.3. The third-order valence-electron chi connectivity index (χ3n) is 5.32. The normalized spacial score (nSPS) is 18.0. The van der Waals surface area contributed by atoms with E-state index in [0.717, 1.165) is 56.6 Å². The molecule has 2 saturated heterocycles. The fraction of sp³-hybridized carbons (Fsp3) is 0.600. The van der Waals surface area contributed by atoms with Crippen LogP contribution in [0.3, 0.4) is 0 Å². The fourth-order valence-corrected chi connectivity index (χ4v) is 3.77. The molecular formula is C20H30ClN3O3. The summed E-state index contributed by atoms with van der Waals surface area (Å²) < 4.78 is 5.42. The van der Waals surface area contributed by atoms with E-state index in [9.17, 15) is 9.59 Å². The minimum Gasteiger partial charge on any atom is -0.495 e. The van der Waals surface area contributed by atoms with Crippen molar-refractivity contribution in [1.29, 1.82) is 0 Å². The van der Waals surface area contributed by atoms with Crippen LogP contribution in [0.25, 0.3) is 0 Å². The zero-order valence-corrected chi connectivity index (χ0v) is 16.8. The number of carbonyl (C=O) groups is 2. The molecule has 2 amide bonds. The van der Waals surface area contributed by atoms with Gasteiger partial charge in [0.1, 0.15) is 5.75 Å². The van der Waals surface area contributed by atoms with Crippen molar-refractivity contribution in [2.24, 2.45) is 5.92 Å². The predicted molar refractivity (Wildman–Crippen MR) is 110 cm³/mol. The molecule has 2 aliphatic heterocycles. The highest BCUT2D eigenvalue weighted by Gasteiger charge is 2.23. The van der Waals surface area contributed by atoms with E-state index in [1.54, 1.807) is 12.0 Å². The zero-order valence-electron chi connectivity index (χ0n) is 16.0. The fourth-order valence-electron chi connectivity index (χ4n) is 3.77. The first-order chi connectivity index (χ1) is 12.7. The summed E-state index contributed by atoms with van der Waals surface area (Å²) in [5, 5.41) is 6.33. The number of hydrogen-bond donors (Lipinski definition) is 2. The number of anilines is 2. The van der Waals surface area contributed by atoms with Gasteiger partial charge in [0.05, 0.1) is 12.8 Å². The number of piperidine rings is 2. The Morgan fingerprint density at radius 2 is 2.07 bits per heavy atom. The van der Waals surface area contributed by atoms with E-state index in [0.29, 0.717) is 31.1 Å². The van der Waals surface area contributed by atoms with Crippen molar-refractivity contribution in [1.82, 2.24) is 5.32 Å². The average molecular weight is 396 g/mol. The van der Waals surface area contributed by atoms with Crippen LogP contribution in [0.4, 0.5) is 11.4 Å². The van der Waals surface area contributed by atoms with Gasteiger partial charge in [-0.2, -0.15) is 0 Å². The Balaban J connectivity index is 0.00000261. The molecule has 2 heterocycles. The van der Waals surface area contributed by atoms with E-state index < -0.39 is 0 Å². The second kappa shape index (κ2) is 10.5. The van der Waals surface area contributed by atoms with Crippen LogP contribution in [0.2, 0.25) is 0 Å². The van der Waals surface area contributed by atoms with Crippen molar-refractivity contribution in [3.63, 3.8) is 0 Å². The highest BCUT2D eigenvalue weighted by Crippen LogP contribution is 2.33. The quantitative estimate of drug-likeness (QED) is 0.774. The predicted octanol–water partition coefficient (Wildman–Crippen LogP) is 3.35. The van der Waals surface area contributed by atoms with Gasteiger partial charge in [-0.05, 0) is 69.3 Å². The number of nitrogens with zero attached hydrogens (tertiary/aromatic N) is 1. The molecule has 0 spiro atoms. The van der Waals surface area contributed by atoms with Crippen molar-refractivity contribution < 1.29 is 14.3 Å². The van der Waals surface area contributed by atoms with Crippen LogP contribution in [0.1, 0.15) is 44.9 Å². The molecule has 0 aromatic heterocycles. The number of benzene rings is 1. The van der Waals surface area contributed by atoms with Crippen LogP contribution >= 0.6 is 12.4 Å². The molecule has 0 saturated carbocycles. The molecule has 7 heteroatoms. The van der Waals surface area contributed by atoms with Gasteiger partial charge in [0.2, 0.25) is 11.8 Å². The second-order valence-electron chi connectivity index (χ2n) is 7.17. The molecule has 0 aliphatic carbocycles. The lowest BCUT2D eigenvalue weighted by Crippen LogP contribution is -2.35. The first kappa shape index (κ1) is 21.5. The van der Waals surface area contributed by atoms with Gasteiger partial charge in [0.25, 0.3) is 0 Å². The second-order valence-corrected chi connectivity index (χ2v) is 7.17. The Morgan fingerprint density at radius 1 is 1.30 bits per heavy atom. The molecule has 27 heavy (non-hydrogen) atoms. The number of nitrogens with one attached hydrogen (secondary N) is 2. The average Bonchev–Trinajstić information content (AvgIpc) is 2.67. The lowest BCUT2D eigenvalue weighted by Gasteiger charge is -2.28. The molecule has 2 N–H and O–H groups in total. The summed E-state index contributed by atoms with van der Waals surface area (Å²) in [5.41, 5.74) is 1.46. The highest BCUT2D eigenvalue weighted by molar-refractivity contribution is 5.97. The number of methoxy groups -OCH3 is 1. The maximum Gasteiger partial charge on any atom is 0.227 e. The van der Waals surface area contributed by atoms with E-state index in [1.165, 1.54) is 0 Å². The van der Waals surface area contributed by atoms with E-state index in [4.69, 9.17) is 4.74 Å². The van der Waals surface area contributed by atoms with Crippen LogP contribution in [0.15, 0.2) is 18.2 Å². The Kier molecular flexibility index (Phi) is 8.38. The van der Waals surface area contributed by atoms with Gasteiger partial charge in [0, 0.05) is 25.1 Å². The number of amides is 2. The standard InChI is InChI=1S/C20H29N3O3.ClH/c1-26-18-7-6-16(14-17(18)23-13-3-2-4-20(23)25)22-19(24)8-5-15-9-11-21-12-10-15;/h6-7,14-15,21H,2-5,8-13H2,1H3,(H,22,24);1H. The van der Waals surface area contributed by atoms with Gasteiger partial charge in [-0.15, -0.1) is 12.4 Å². The molecule has 1 aromatic rings. The maximum absolute atomic E-state index is 12.3. The van der Waals surface area contributed by atoms with Gasteiger partial charge in [-0.1, -0.05) is 0 Å². The monoisotopic (exact) mass is 395 g/mol. The Labute approximate surface area is 167 Å². The summed E-state index contributed by atoms with van der Waals surface area (Å²) >= 11 is 0. The first-order valence-corrected chi connectivity index (χ1v) is 9.66. The number of carbonyl (C=O) groups excluding carboxylic acids is 2. The number of rotatable bonds is 6. The van der Waals surface area contributed by atoms with Crippen LogP contribution in [-0.2, 0) is 9.59 Å². The smallest absolute Gasteiger partial charge is 0.227 e. The van der Waals surface area contributed by atoms with Crippen LogP contribution in [0, 0.1) is 5.92 Å². The van der Waals surface area contributed by atoms with E-state index in [2.05, 4.69) is 10.6 Å². The van der Waals surface area contributed by atoms with Gasteiger partial charge < -0.3 is 20.3 Å². The summed E-state index contributed by atoms with van der Waals surface area (Å²) in [6.07, 6.45) is 6.26. The Hall–Kier alpha value is -1.79. The third-order valence-corrected chi connectivity index (χ3v) is 5.32. The topological polar surface area (TPSA) is 70.7 Å². The van der Waals surface area contributed by atoms with Crippen molar-refractivity contribution in [3.05, 3.63) is 18.2 Å². The zero-order chi connectivity index (χ0) is 18.4. The van der Waals surface area contributed by atoms with Gasteiger partial charge in [0.15, 0.2) is 0 Å². The van der Waals surface area contributed by atoms with E-state index in [1.807, 2.05) is 18.2 Å². The molecule has 150 valence electrons. The molecule has 6 nitrogen and oxygen atoms in total. The molecule has 0 radical (unpaired) electrons. The van der Waals surface area contributed by atoms with Gasteiger partial charge >= 0.3 is 0 Å². The Morgan fingerprint density at radius 3 is 2.78 bits per heavy atom. The largest absolute Gasteiger partial charge is 0.495 e. The minimum atomic E-state index is 0. The first-order valence-electron chi connectivity index (χ1n) is 9.66. The molecule has 0 unspecified atom stereocenters. The SMILES string of the molecule is COc1ccc(NC(=O)CCC2CCNCC2)cc1N1CCCCC1=O.Cl. The Bertz CT molecular complexity index is 647. The van der Waals surface area contributed by atoms with Crippen molar-refractivity contribution in [2.75, 3.05) is 37.0 Å². The van der Waals surface area contributed by atoms with Crippen molar-refractivity contribution in [2.45, 2.75) is 44.9 Å². The maximum atomic E-state index is 12.3. The van der Waals surface area contributed by atoms with Crippen LogP contribution < -0.4 is 20.3 Å². The molecule has 2 fully saturated rings. The molecule has 0 atom stereocenters. The summed E-state index contributed by atoms with van der Waals surface area (Å²) in [6, 6.07) is 5.50. The summed E-state index contributed by atoms with van der Waals surface area (Å²) in [5.74, 6) is 1.45. The molecule has 1 aromatic carbocycles. The van der Waals surface area contributed by atoms with Gasteiger partial charge in [-0.3, -0.25) is 9.59 Å². The lowest BCUT2D eigenvalue weighted by atomic mass is 9.93.